The van der Waals surface area contributed by atoms with E-state index in [-0.39, 0.29) is 25.4 Å². The molecule has 0 spiro atoms. The van der Waals surface area contributed by atoms with Crippen LogP contribution in [0.25, 0.3) is 0 Å². The van der Waals surface area contributed by atoms with Crippen molar-refractivity contribution >= 4 is 17.5 Å². The highest BCUT2D eigenvalue weighted by molar-refractivity contribution is 6.36. The second-order valence-corrected chi connectivity index (χ2v) is 5.06. The standard InChI is InChI=1S/C15H15NO5/c17-11(3-4-12(18)15(19)16-6-1-7-16)10-2-5-13-14(8-10)21-9-20-13/h2,5,8H,1,3-4,6-7,9H2. The van der Waals surface area contributed by atoms with Crippen molar-refractivity contribution in [2.75, 3.05) is 19.9 Å². The van der Waals surface area contributed by atoms with E-state index in [1.165, 1.54) is 4.90 Å². The van der Waals surface area contributed by atoms with Crippen molar-refractivity contribution in [3.05, 3.63) is 23.8 Å². The molecule has 3 rings (SSSR count). The van der Waals surface area contributed by atoms with Crippen LogP contribution >= 0.6 is 0 Å². The van der Waals surface area contributed by atoms with E-state index in [1.54, 1.807) is 18.2 Å². The van der Waals surface area contributed by atoms with Crippen LogP contribution in [0.3, 0.4) is 0 Å². The number of amides is 1. The van der Waals surface area contributed by atoms with Crippen molar-refractivity contribution < 1.29 is 23.9 Å². The van der Waals surface area contributed by atoms with Crippen LogP contribution in [0.2, 0.25) is 0 Å². The molecule has 0 atom stereocenters. The summed E-state index contributed by atoms with van der Waals surface area (Å²) >= 11 is 0. The average molecular weight is 289 g/mol. The Morgan fingerprint density at radius 1 is 1.05 bits per heavy atom. The Bertz CT molecular complexity index is 606. The van der Waals surface area contributed by atoms with Gasteiger partial charge in [0, 0.05) is 31.5 Å². The molecule has 0 aliphatic carbocycles. The Morgan fingerprint density at radius 3 is 2.52 bits per heavy atom. The highest BCUT2D eigenvalue weighted by Gasteiger charge is 2.26. The van der Waals surface area contributed by atoms with E-state index >= 15 is 0 Å². The summed E-state index contributed by atoms with van der Waals surface area (Å²) in [5.74, 6) is -0.0130. The van der Waals surface area contributed by atoms with Crippen molar-refractivity contribution in [2.45, 2.75) is 19.3 Å². The zero-order chi connectivity index (χ0) is 14.8. The van der Waals surface area contributed by atoms with Crippen LogP contribution in [0, 0.1) is 0 Å². The summed E-state index contributed by atoms with van der Waals surface area (Å²) in [6.45, 7) is 1.43. The fourth-order valence-corrected chi connectivity index (χ4v) is 2.24. The number of hydrogen-bond acceptors (Lipinski definition) is 5. The number of carbonyl (C=O) groups excluding carboxylic acids is 3. The molecule has 0 bridgehead atoms. The molecule has 1 aromatic carbocycles. The zero-order valence-electron chi connectivity index (χ0n) is 11.5. The predicted molar refractivity (Wildman–Crippen MR) is 72.3 cm³/mol. The minimum absolute atomic E-state index is 0.0259. The summed E-state index contributed by atoms with van der Waals surface area (Å²) in [5.41, 5.74) is 0.462. The van der Waals surface area contributed by atoms with Crippen LogP contribution < -0.4 is 9.47 Å². The maximum Gasteiger partial charge on any atom is 0.289 e. The van der Waals surface area contributed by atoms with Crippen molar-refractivity contribution in [3.63, 3.8) is 0 Å². The Kier molecular flexibility index (Phi) is 3.60. The number of Topliss-reactive ketones (excluding diaryl/α,β-unsaturated/α-hetero) is 2. The lowest BCUT2D eigenvalue weighted by Gasteiger charge is -2.30. The lowest BCUT2D eigenvalue weighted by atomic mass is 10.0. The number of hydrogen-bond donors (Lipinski definition) is 0. The first-order chi connectivity index (χ1) is 10.1. The number of rotatable bonds is 5. The molecule has 6 nitrogen and oxygen atoms in total. The van der Waals surface area contributed by atoms with Gasteiger partial charge in [0.1, 0.15) is 0 Å². The third-order valence-corrected chi connectivity index (χ3v) is 3.66. The molecule has 2 aliphatic heterocycles. The Balaban J connectivity index is 1.56. The van der Waals surface area contributed by atoms with Crippen LogP contribution in [0.1, 0.15) is 29.6 Å². The first-order valence-corrected chi connectivity index (χ1v) is 6.90. The number of likely N-dealkylation sites (tertiary alicyclic amines) is 1. The van der Waals surface area contributed by atoms with Gasteiger partial charge >= 0.3 is 0 Å². The maximum atomic E-state index is 12.1. The molecule has 1 fully saturated rings. The van der Waals surface area contributed by atoms with E-state index in [0.29, 0.717) is 30.2 Å². The van der Waals surface area contributed by atoms with Crippen molar-refractivity contribution in [3.8, 4) is 11.5 Å². The maximum absolute atomic E-state index is 12.1. The molecule has 1 aromatic rings. The summed E-state index contributed by atoms with van der Waals surface area (Å²) in [4.78, 5) is 36.9. The van der Waals surface area contributed by atoms with E-state index in [4.69, 9.17) is 9.47 Å². The van der Waals surface area contributed by atoms with Crippen LogP contribution in [-0.4, -0.2) is 42.3 Å². The summed E-state index contributed by atoms with van der Waals surface area (Å²) in [6, 6.07) is 4.91. The summed E-state index contributed by atoms with van der Waals surface area (Å²) in [6.07, 6.45) is 0.913. The average Bonchev–Trinajstić information content (AvgIpc) is 2.89. The molecule has 0 unspecified atom stereocenters. The summed E-state index contributed by atoms with van der Waals surface area (Å²) < 4.78 is 10.4. The molecule has 0 aromatic heterocycles. The fraction of sp³-hybridized carbons (Fsp3) is 0.400. The monoisotopic (exact) mass is 289 g/mol. The minimum atomic E-state index is -0.496. The van der Waals surface area contributed by atoms with Gasteiger partial charge < -0.3 is 14.4 Å². The van der Waals surface area contributed by atoms with E-state index in [2.05, 4.69) is 0 Å². The third-order valence-electron chi connectivity index (χ3n) is 3.66. The lowest BCUT2D eigenvalue weighted by Crippen LogP contribution is -2.45. The number of carbonyl (C=O) groups is 3. The molecular weight excluding hydrogens is 274 g/mol. The van der Waals surface area contributed by atoms with Crippen molar-refractivity contribution in [1.82, 2.24) is 4.90 Å². The SMILES string of the molecule is O=C(CCC(=O)c1ccc2c(c1)OCO2)C(=O)N1CCC1. The van der Waals surface area contributed by atoms with Gasteiger partial charge in [-0.3, -0.25) is 14.4 Å². The quantitative estimate of drug-likeness (QED) is 0.601. The van der Waals surface area contributed by atoms with Gasteiger partial charge in [-0.25, -0.2) is 0 Å². The molecule has 1 amide bonds. The number of fused-ring (bicyclic) bond motifs is 1. The van der Waals surface area contributed by atoms with Gasteiger partial charge in [0.05, 0.1) is 0 Å². The summed E-state index contributed by atoms with van der Waals surface area (Å²) in [7, 11) is 0. The Morgan fingerprint density at radius 2 is 1.81 bits per heavy atom. The van der Waals surface area contributed by atoms with Gasteiger partial charge in [-0.2, -0.15) is 0 Å². The first kappa shape index (κ1) is 13.6. The molecule has 6 heteroatoms. The van der Waals surface area contributed by atoms with E-state index < -0.39 is 11.7 Å². The molecular formula is C15H15NO5. The zero-order valence-corrected chi connectivity index (χ0v) is 11.5. The predicted octanol–water partition coefficient (Wildman–Crippen LogP) is 1.18. The molecule has 1 saturated heterocycles. The second-order valence-electron chi connectivity index (χ2n) is 5.06. The van der Waals surface area contributed by atoms with Gasteiger partial charge in [0.2, 0.25) is 12.6 Å². The first-order valence-electron chi connectivity index (χ1n) is 6.90. The summed E-state index contributed by atoms with van der Waals surface area (Å²) in [5, 5.41) is 0. The number of nitrogens with zero attached hydrogens (tertiary/aromatic N) is 1. The van der Waals surface area contributed by atoms with Gasteiger partial charge in [0.25, 0.3) is 5.91 Å². The molecule has 0 radical (unpaired) electrons. The van der Waals surface area contributed by atoms with Crippen molar-refractivity contribution in [2.24, 2.45) is 0 Å². The van der Waals surface area contributed by atoms with Crippen molar-refractivity contribution in [1.29, 1.82) is 0 Å². The van der Waals surface area contributed by atoms with Crippen LogP contribution in [-0.2, 0) is 9.59 Å². The third kappa shape index (κ3) is 2.74. The highest BCUT2D eigenvalue weighted by atomic mass is 16.7. The molecule has 0 saturated carbocycles. The molecule has 2 heterocycles. The normalized spacial score (nSPS) is 15.5. The fourth-order valence-electron chi connectivity index (χ4n) is 2.24. The largest absolute Gasteiger partial charge is 0.454 e. The van der Waals surface area contributed by atoms with Gasteiger partial charge in [-0.1, -0.05) is 0 Å². The van der Waals surface area contributed by atoms with Crippen LogP contribution in [0.15, 0.2) is 18.2 Å². The van der Waals surface area contributed by atoms with Crippen LogP contribution in [0.4, 0.5) is 0 Å². The highest BCUT2D eigenvalue weighted by Crippen LogP contribution is 2.32. The van der Waals surface area contributed by atoms with E-state index in [9.17, 15) is 14.4 Å². The molecule has 2 aliphatic rings. The topological polar surface area (TPSA) is 72.9 Å². The van der Waals surface area contributed by atoms with Gasteiger partial charge in [-0.15, -0.1) is 0 Å². The van der Waals surface area contributed by atoms with E-state index in [1.807, 2.05) is 0 Å². The second kappa shape index (κ2) is 5.55. The number of benzene rings is 1. The Labute approximate surface area is 121 Å². The molecule has 0 N–H and O–H groups in total. The number of ketones is 2. The molecule has 21 heavy (non-hydrogen) atoms. The lowest BCUT2D eigenvalue weighted by molar-refractivity contribution is -0.147. The Hall–Kier alpha value is -2.37. The minimum Gasteiger partial charge on any atom is -0.454 e. The van der Waals surface area contributed by atoms with Gasteiger partial charge in [0.15, 0.2) is 17.3 Å². The van der Waals surface area contributed by atoms with Crippen LogP contribution in [0.5, 0.6) is 11.5 Å². The number of ether oxygens (including phenoxy) is 2. The van der Waals surface area contributed by atoms with Gasteiger partial charge in [-0.05, 0) is 24.6 Å². The molecule has 110 valence electrons. The van der Waals surface area contributed by atoms with E-state index in [0.717, 1.165) is 6.42 Å². The smallest absolute Gasteiger partial charge is 0.289 e.